The fourth-order valence-electron chi connectivity index (χ4n) is 1.37. The van der Waals surface area contributed by atoms with Crippen LogP contribution in [-0.2, 0) is 10.0 Å². The van der Waals surface area contributed by atoms with E-state index in [-0.39, 0.29) is 25.3 Å². The van der Waals surface area contributed by atoms with Gasteiger partial charge < -0.3 is 10.5 Å². The summed E-state index contributed by atoms with van der Waals surface area (Å²) in [5, 5.41) is 8.42. The van der Waals surface area contributed by atoms with Crippen LogP contribution in [-0.4, -0.2) is 38.7 Å². The topological polar surface area (TPSA) is 96.4 Å². The minimum absolute atomic E-state index is 0.0443. The van der Waals surface area contributed by atoms with Gasteiger partial charge in [0.15, 0.2) is 0 Å². The van der Waals surface area contributed by atoms with Crippen LogP contribution in [0.25, 0.3) is 0 Å². The van der Waals surface area contributed by atoms with Crippen LogP contribution < -0.4 is 10.5 Å². The lowest BCUT2D eigenvalue weighted by Gasteiger charge is -2.15. The largest absolute Gasteiger partial charge is 0.492 e. The molecule has 0 aliphatic heterocycles. The standard InChI is InChI=1S/C12H17N3O3S/c1-15(7-3-6-13)19(16,17)9-8-18-12-5-2-4-11(14)10-12/h2,4-5,10H,3,7-9,14H2,1H3. The number of nitrogens with two attached hydrogens (primary N) is 1. The van der Waals surface area contributed by atoms with E-state index in [1.54, 1.807) is 24.3 Å². The van der Waals surface area contributed by atoms with Gasteiger partial charge in [-0.05, 0) is 12.1 Å². The molecule has 1 aromatic carbocycles. The Hall–Kier alpha value is -1.78. The molecule has 2 N–H and O–H groups in total. The SMILES string of the molecule is CN(CCC#N)S(=O)(=O)CCOc1cccc(N)c1. The monoisotopic (exact) mass is 283 g/mol. The molecule has 0 saturated carbocycles. The Labute approximate surface area is 113 Å². The molecule has 0 atom stereocenters. The number of rotatable bonds is 7. The van der Waals surface area contributed by atoms with Crippen LogP contribution in [0.5, 0.6) is 5.75 Å². The Bertz CT molecular complexity index is 552. The predicted octanol–water partition coefficient (Wildman–Crippen LogP) is 0.823. The summed E-state index contributed by atoms with van der Waals surface area (Å²) in [4.78, 5) is 0. The van der Waals surface area contributed by atoms with E-state index in [4.69, 9.17) is 15.7 Å². The Balaban J connectivity index is 2.46. The second kappa shape index (κ2) is 6.97. The van der Waals surface area contributed by atoms with Crippen molar-refractivity contribution < 1.29 is 13.2 Å². The van der Waals surface area contributed by atoms with E-state index in [9.17, 15) is 8.42 Å². The Morgan fingerprint density at radius 1 is 1.47 bits per heavy atom. The van der Waals surface area contributed by atoms with Crippen molar-refractivity contribution in [1.82, 2.24) is 4.31 Å². The molecule has 1 aromatic rings. The van der Waals surface area contributed by atoms with Crippen LogP contribution in [0.1, 0.15) is 6.42 Å². The van der Waals surface area contributed by atoms with Crippen molar-refractivity contribution in [2.24, 2.45) is 0 Å². The first kappa shape index (κ1) is 15.3. The van der Waals surface area contributed by atoms with Crippen molar-refractivity contribution in [3.63, 3.8) is 0 Å². The highest BCUT2D eigenvalue weighted by Crippen LogP contribution is 2.14. The van der Waals surface area contributed by atoms with E-state index < -0.39 is 10.0 Å². The summed E-state index contributed by atoms with van der Waals surface area (Å²) in [7, 11) is -1.94. The summed E-state index contributed by atoms with van der Waals surface area (Å²) < 4.78 is 30.1. The van der Waals surface area contributed by atoms with Crippen LogP contribution in [0.4, 0.5) is 5.69 Å². The summed E-state index contributed by atoms with van der Waals surface area (Å²) in [5.41, 5.74) is 6.14. The number of ether oxygens (including phenoxy) is 1. The van der Waals surface area contributed by atoms with Gasteiger partial charge in [0, 0.05) is 31.8 Å². The first-order valence-electron chi connectivity index (χ1n) is 5.75. The molecule has 0 aromatic heterocycles. The van der Waals surface area contributed by atoms with Gasteiger partial charge in [0.05, 0.1) is 11.8 Å². The summed E-state index contributed by atoms with van der Waals surface area (Å²) in [6, 6.07) is 8.71. The van der Waals surface area contributed by atoms with E-state index >= 15 is 0 Å². The highest BCUT2D eigenvalue weighted by atomic mass is 32.2. The first-order valence-corrected chi connectivity index (χ1v) is 7.36. The van der Waals surface area contributed by atoms with Gasteiger partial charge in [0.2, 0.25) is 10.0 Å². The predicted molar refractivity (Wildman–Crippen MR) is 73.0 cm³/mol. The molecular formula is C12H17N3O3S. The smallest absolute Gasteiger partial charge is 0.217 e. The minimum Gasteiger partial charge on any atom is -0.492 e. The van der Waals surface area contributed by atoms with Gasteiger partial charge >= 0.3 is 0 Å². The molecule has 104 valence electrons. The number of anilines is 1. The van der Waals surface area contributed by atoms with Crippen LogP contribution >= 0.6 is 0 Å². The normalized spacial score (nSPS) is 11.2. The average Bonchev–Trinajstić information content (AvgIpc) is 2.35. The molecular weight excluding hydrogens is 266 g/mol. The number of nitriles is 1. The first-order chi connectivity index (χ1) is 8.95. The van der Waals surface area contributed by atoms with E-state index in [2.05, 4.69) is 0 Å². The molecule has 0 amide bonds. The molecule has 19 heavy (non-hydrogen) atoms. The van der Waals surface area contributed by atoms with E-state index in [1.165, 1.54) is 11.4 Å². The number of hydrogen-bond donors (Lipinski definition) is 1. The van der Waals surface area contributed by atoms with Crippen molar-refractivity contribution >= 4 is 15.7 Å². The van der Waals surface area contributed by atoms with E-state index in [1.807, 2.05) is 6.07 Å². The zero-order valence-corrected chi connectivity index (χ0v) is 11.6. The van der Waals surface area contributed by atoms with Gasteiger partial charge in [-0.15, -0.1) is 0 Å². The number of benzene rings is 1. The second-order valence-electron chi connectivity index (χ2n) is 3.97. The molecule has 0 saturated heterocycles. The quantitative estimate of drug-likeness (QED) is 0.747. The maximum absolute atomic E-state index is 11.8. The molecule has 0 aliphatic rings. The van der Waals surface area contributed by atoms with Crippen molar-refractivity contribution in [1.29, 1.82) is 5.26 Å². The molecule has 0 aliphatic carbocycles. The Kier molecular flexibility index (Phi) is 5.60. The molecule has 0 spiro atoms. The van der Waals surface area contributed by atoms with Crippen LogP contribution in [0.2, 0.25) is 0 Å². The van der Waals surface area contributed by atoms with Crippen molar-refractivity contribution in [3.05, 3.63) is 24.3 Å². The maximum atomic E-state index is 11.8. The van der Waals surface area contributed by atoms with Crippen molar-refractivity contribution in [2.45, 2.75) is 6.42 Å². The van der Waals surface area contributed by atoms with Gasteiger partial charge in [-0.2, -0.15) is 5.26 Å². The minimum atomic E-state index is -3.39. The van der Waals surface area contributed by atoms with Gasteiger partial charge in [0.25, 0.3) is 0 Å². The summed E-state index contributed by atoms with van der Waals surface area (Å²) in [6.45, 7) is 0.236. The Morgan fingerprint density at radius 2 is 2.21 bits per heavy atom. The highest BCUT2D eigenvalue weighted by Gasteiger charge is 2.17. The third kappa shape index (κ3) is 5.16. The third-order valence-corrected chi connectivity index (χ3v) is 4.30. The molecule has 6 nitrogen and oxygen atoms in total. The van der Waals surface area contributed by atoms with Crippen LogP contribution in [0.3, 0.4) is 0 Å². The lowest BCUT2D eigenvalue weighted by Crippen LogP contribution is -2.32. The number of hydrogen-bond acceptors (Lipinski definition) is 5. The molecule has 7 heteroatoms. The maximum Gasteiger partial charge on any atom is 0.217 e. The molecule has 0 unspecified atom stereocenters. The molecule has 0 heterocycles. The molecule has 1 rings (SSSR count). The van der Waals surface area contributed by atoms with Crippen molar-refractivity contribution in [2.75, 3.05) is 31.7 Å². The number of nitrogens with zero attached hydrogens (tertiary/aromatic N) is 2. The van der Waals surface area contributed by atoms with Crippen molar-refractivity contribution in [3.8, 4) is 11.8 Å². The molecule has 0 radical (unpaired) electrons. The van der Waals surface area contributed by atoms with E-state index in [0.29, 0.717) is 11.4 Å². The summed E-state index contributed by atoms with van der Waals surface area (Å²) in [5.74, 6) is 0.402. The Morgan fingerprint density at radius 3 is 2.84 bits per heavy atom. The number of nitrogen functional groups attached to an aromatic ring is 1. The van der Waals surface area contributed by atoms with Gasteiger partial charge in [0.1, 0.15) is 12.4 Å². The zero-order chi connectivity index (χ0) is 14.3. The zero-order valence-electron chi connectivity index (χ0n) is 10.7. The van der Waals surface area contributed by atoms with Gasteiger partial charge in [-0.25, -0.2) is 12.7 Å². The third-order valence-electron chi connectivity index (χ3n) is 2.48. The average molecular weight is 283 g/mol. The number of sulfonamides is 1. The summed E-state index contributed by atoms with van der Waals surface area (Å²) >= 11 is 0. The fourth-order valence-corrected chi connectivity index (χ4v) is 2.35. The molecule has 0 fully saturated rings. The highest BCUT2D eigenvalue weighted by molar-refractivity contribution is 7.89. The van der Waals surface area contributed by atoms with Crippen LogP contribution in [0, 0.1) is 11.3 Å². The van der Waals surface area contributed by atoms with Gasteiger partial charge in [-0.1, -0.05) is 6.07 Å². The van der Waals surface area contributed by atoms with E-state index in [0.717, 1.165) is 0 Å². The lowest BCUT2D eigenvalue weighted by molar-refractivity contribution is 0.337. The fraction of sp³-hybridized carbons (Fsp3) is 0.417. The molecule has 0 bridgehead atoms. The second-order valence-corrected chi connectivity index (χ2v) is 6.16. The lowest BCUT2D eigenvalue weighted by atomic mass is 10.3. The van der Waals surface area contributed by atoms with Crippen LogP contribution in [0.15, 0.2) is 24.3 Å². The van der Waals surface area contributed by atoms with Gasteiger partial charge in [-0.3, -0.25) is 0 Å². The summed E-state index contributed by atoms with van der Waals surface area (Å²) in [6.07, 6.45) is 0.172.